The van der Waals surface area contributed by atoms with Crippen molar-refractivity contribution in [3.8, 4) is 5.75 Å². The molecule has 31 heavy (non-hydrogen) atoms. The fourth-order valence-electron chi connectivity index (χ4n) is 3.84. The molecule has 4 rings (SSSR count). The highest BCUT2D eigenvalue weighted by Gasteiger charge is 2.29. The zero-order valence-corrected chi connectivity index (χ0v) is 18.0. The van der Waals surface area contributed by atoms with Gasteiger partial charge in [0.2, 0.25) is 10.0 Å². The van der Waals surface area contributed by atoms with Gasteiger partial charge in [0.05, 0.1) is 35.8 Å². The van der Waals surface area contributed by atoms with Gasteiger partial charge >= 0.3 is 5.97 Å². The minimum atomic E-state index is -3.71. The molecular formula is C22H22N2O6S. The molecule has 0 N–H and O–H groups in total. The number of nitrogens with zero attached hydrogens (tertiary/aromatic N) is 2. The molecule has 3 aromatic rings. The average Bonchev–Trinajstić information content (AvgIpc) is 3.46. The number of esters is 1. The zero-order valence-electron chi connectivity index (χ0n) is 17.2. The highest BCUT2D eigenvalue weighted by Crippen LogP contribution is 2.29. The number of carbonyl (C=O) groups excluding carboxylic acids is 2. The molecule has 1 aliphatic rings. The highest BCUT2D eigenvalue weighted by molar-refractivity contribution is 7.89. The number of ether oxygens (including phenoxy) is 2. The molecule has 2 aromatic carbocycles. The van der Waals surface area contributed by atoms with Gasteiger partial charge in [-0.1, -0.05) is 18.2 Å². The first-order valence-corrected chi connectivity index (χ1v) is 11.2. The summed E-state index contributed by atoms with van der Waals surface area (Å²) in [5, 5.41) is 0.558. The van der Waals surface area contributed by atoms with Crippen LogP contribution in [0.3, 0.4) is 0 Å². The summed E-state index contributed by atoms with van der Waals surface area (Å²) in [5.41, 5.74) is 0.828. The van der Waals surface area contributed by atoms with Crippen LogP contribution in [0.4, 0.5) is 0 Å². The Hall–Kier alpha value is -3.17. The Morgan fingerprint density at radius 2 is 1.68 bits per heavy atom. The molecule has 162 valence electrons. The van der Waals surface area contributed by atoms with E-state index < -0.39 is 21.9 Å². The van der Waals surface area contributed by atoms with Crippen LogP contribution in [0.2, 0.25) is 0 Å². The molecule has 1 aromatic heterocycles. The maximum absolute atomic E-state index is 13.5. The third kappa shape index (κ3) is 3.60. The van der Waals surface area contributed by atoms with Crippen LogP contribution in [0.1, 0.15) is 33.6 Å². The first kappa shape index (κ1) is 21.1. The van der Waals surface area contributed by atoms with Crippen molar-refractivity contribution >= 4 is 32.8 Å². The highest BCUT2D eigenvalue weighted by atomic mass is 32.2. The van der Waals surface area contributed by atoms with Gasteiger partial charge in [-0.2, -0.15) is 4.31 Å². The van der Waals surface area contributed by atoms with E-state index in [1.807, 2.05) is 0 Å². The molecule has 1 fully saturated rings. The first-order valence-electron chi connectivity index (χ1n) is 9.79. The minimum absolute atomic E-state index is 0.0307. The van der Waals surface area contributed by atoms with Crippen molar-refractivity contribution in [2.45, 2.75) is 17.7 Å². The second-order valence-electron chi connectivity index (χ2n) is 7.20. The van der Waals surface area contributed by atoms with Crippen LogP contribution in [0.15, 0.2) is 53.6 Å². The Morgan fingerprint density at radius 3 is 2.35 bits per heavy atom. The van der Waals surface area contributed by atoms with Gasteiger partial charge in [0.15, 0.2) is 0 Å². The van der Waals surface area contributed by atoms with E-state index in [1.165, 1.54) is 47.5 Å². The SMILES string of the molecule is COC(=O)c1cn(C(=O)c2cc(S(=O)(=O)N3CCCC3)ccc2OC)c2ccccc12. The second kappa shape index (κ2) is 8.16. The molecular weight excluding hydrogens is 420 g/mol. The van der Waals surface area contributed by atoms with Gasteiger partial charge in [0, 0.05) is 24.7 Å². The Morgan fingerprint density at radius 1 is 0.968 bits per heavy atom. The van der Waals surface area contributed by atoms with Crippen molar-refractivity contribution in [3.63, 3.8) is 0 Å². The Labute approximate surface area is 180 Å². The summed E-state index contributed by atoms with van der Waals surface area (Å²) in [6.45, 7) is 0.921. The molecule has 0 amide bonds. The van der Waals surface area contributed by atoms with E-state index in [0.717, 1.165) is 12.8 Å². The number of para-hydroxylation sites is 1. The summed E-state index contributed by atoms with van der Waals surface area (Å²) in [4.78, 5) is 25.7. The summed E-state index contributed by atoms with van der Waals surface area (Å²) in [5.74, 6) is -0.843. The molecule has 2 heterocycles. The third-order valence-corrected chi connectivity index (χ3v) is 7.33. The zero-order chi connectivity index (χ0) is 22.2. The summed E-state index contributed by atoms with van der Waals surface area (Å²) in [7, 11) is -1.03. The number of sulfonamides is 1. The molecule has 0 unspecified atom stereocenters. The van der Waals surface area contributed by atoms with Crippen LogP contribution in [-0.4, -0.2) is 56.5 Å². The number of fused-ring (bicyclic) bond motifs is 1. The van der Waals surface area contributed by atoms with E-state index in [1.54, 1.807) is 24.3 Å². The van der Waals surface area contributed by atoms with Crippen molar-refractivity contribution in [2.75, 3.05) is 27.3 Å². The molecule has 0 bridgehead atoms. The van der Waals surface area contributed by atoms with E-state index in [2.05, 4.69) is 0 Å². The van der Waals surface area contributed by atoms with Gasteiger partial charge in [0.1, 0.15) is 5.75 Å². The number of rotatable bonds is 5. The van der Waals surface area contributed by atoms with Gasteiger partial charge in [-0.15, -0.1) is 0 Å². The van der Waals surface area contributed by atoms with Crippen LogP contribution < -0.4 is 4.74 Å². The van der Waals surface area contributed by atoms with Crippen LogP contribution in [0, 0.1) is 0 Å². The lowest BCUT2D eigenvalue weighted by molar-refractivity contribution is 0.0603. The monoisotopic (exact) mass is 442 g/mol. The molecule has 1 aliphatic heterocycles. The lowest BCUT2D eigenvalue weighted by Gasteiger charge is -2.17. The number of aromatic nitrogens is 1. The van der Waals surface area contributed by atoms with E-state index >= 15 is 0 Å². The lowest BCUT2D eigenvalue weighted by Crippen LogP contribution is -2.28. The van der Waals surface area contributed by atoms with Gasteiger partial charge in [-0.3, -0.25) is 9.36 Å². The van der Waals surface area contributed by atoms with Crippen LogP contribution >= 0.6 is 0 Å². The van der Waals surface area contributed by atoms with E-state index in [9.17, 15) is 18.0 Å². The molecule has 0 spiro atoms. The second-order valence-corrected chi connectivity index (χ2v) is 9.14. The van der Waals surface area contributed by atoms with Gasteiger partial charge < -0.3 is 9.47 Å². The standard InChI is InChI=1S/C22H22N2O6S/c1-29-20-10-9-15(31(27,28)23-11-5-6-12-23)13-17(20)21(25)24-14-18(22(26)30-2)16-7-3-4-8-19(16)24/h3-4,7-10,13-14H,5-6,11-12H2,1-2H3. The first-order chi connectivity index (χ1) is 14.9. The van der Waals surface area contributed by atoms with Crippen LogP contribution in [-0.2, 0) is 14.8 Å². The van der Waals surface area contributed by atoms with Crippen molar-refractivity contribution < 1.29 is 27.5 Å². The van der Waals surface area contributed by atoms with Crippen LogP contribution in [0.25, 0.3) is 10.9 Å². The molecule has 0 aliphatic carbocycles. The Balaban J connectivity index is 1.85. The summed E-state index contributed by atoms with van der Waals surface area (Å²) >= 11 is 0. The predicted molar refractivity (Wildman–Crippen MR) is 114 cm³/mol. The van der Waals surface area contributed by atoms with E-state index in [-0.39, 0.29) is 21.8 Å². The minimum Gasteiger partial charge on any atom is -0.496 e. The Bertz CT molecular complexity index is 1270. The smallest absolute Gasteiger partial charge is 0.340 e. The topological polar surface area (TPSA) is 94.9 Å². The molecule has 8 nitrogen and oxygen atoms in total. The largest absolute Gasteiger partial charge is 0.496 e. The third-order valence-electron chi connectivity index (χ3n) is 5.44. The average molecular weight is 442 g/mol. The molecule has 0 radical (unpaired) electrons. The lowest BCUT2D eigenvalue weighted by atomic mass is 10.1. The number of methoxy groups -OCH3 is 2. The molecule has 1 saturated heterocycles. The predicted octanol–water partition coefficient (Wildman–Crippen LogP) is 2.91. The van der Waals surface area contributed by atoms with Gasteiger partial charge in [0.25, 0.3) is 5.91 Å². The molecule has 0 atom stereocenters. The van der Waals surface area contributed by atoms with Gasteiger partial charge in [-0.25, -0.2) is 13.2 Å². The number of hydrogen-bond acceptors (Lipinski definition) is 6. The Kier molecular flexibility index (Phi) is 5.55. The van der Waals surface area contributed by atoms with Crippen molar-refractivity contribution in [3.05, 3.63) is 59.8 Å². The van der Waals surface area contributed by atoms with Crippen molar-refractivity contribution in [1.82, 2.24) is 8.87 Å². The number of hydrogen-bond donors (Lipinski definition) is 0. The fraction of sp³-hybridized carbons (Fsp3) is 0.273. The molecule has 0 saturated carbocycles. The summed E-state index contributed by atoms with van der Waals surface area (Å²) < 4.78 is 38.9. The fourth-order valence-corrected chi connectivity index (χ4v) is 5.39. The maximum Gasteiger partial charge on any atom is 0.340 e. The van der Waals surface area contributed by atoms with Crippen molar-refractivity contribution in [2.24, 2.45) is 0 Å². The summed E-state index contributed by atoms with van der Waals surface area (Å²) in [6.07, 6.45) is 3.03. The van der Waals surface area contributed by atoms with Crippen LogP contribution in [0.5, 0.6) is 5.75 Å². The number of carbonyl (C=O) groups is 2. The normalized spacial score (nSPS) is 14.6. The molecule has 9 heteroatoms. The summed E-state index contributed by atoms with van der Waals surface area (Å²) in [6, 6.07) is 11.2. The van der Waals surface area contributed by atoms with Gasteiger partial charge in [-0.05, 0) is 37.1 Å². The quantitative estimate of drug-likeness (QED) is 0.564. The van der Waals surface area contributed by atoms with Crippen molar-refractivity contribution in [1.29, 1.82) is 0 Å². The van der Waals surface area contributed by atoms with E-state index in [4.69, 9.17) is 9.47 Å². The number of benzene rings is 2. The van der Waals surface area contributed by atoms with E-state index in [0.29, 0.717) is 24.0 Å². The maximum atomic E-state index is 13.5.